The van der Waals surface area contributed by atoms with Crippen molar-refractivity contribution in [1.82, 2.24) is 14.5 Å². The number of hydrogen-bond acceptors (Lipinski definition) is 2. The van der Waals surface area contributed by atoms with Crippen LogP contribution < -0.4 is 0 Å². The summed E-state index contributed by atoms with van der Waals surface area (Å²) >= 11 is 3.54. The number of alkyl halides is 1. The van der Waals surface area contributed by atoms with Gasteiger partial charge in [0, 0.05) is 43.3 Å². The molecule has 0 fully saturated rings. The molecular weight excluding hydrogens is 254 g/mol. The topological polar surface area (TPSA) is 21.1 Å². The summed E-state index contributed by atoms with van der Waals surface area (Å²) in [6.45, 7) is 5.50. The maximum atomic E-state index is 4.32. The SMILES string of the molecule is CN(CCc1nccn1C)C(C)(C)CBr. The second kappa shape index (κ2) is 5.12. The van der Waals surface area contributed by atoms with Crippen molar-refractivity contribution in [1.29, 1.82) is 0 Å². The van der Waals surface area contributed by atoms with E-state index in [0.717, 1.165) is 24.1 Å². The number of rotatable bonds is 5. The first kappa shape index (κ1) is 12.7. The van der Waals surface area contributed by atoms with Gasteiger partial charge in [-0.05, 0) is 20.9 Å². The summed E-state index contributed by atoms with van der Waals surface area (Å²) < 4.78 is 2.08. The minimum Gasteiger partial charge on any atom is -0.338 e. The Hall–Kier alpha value is -0.350. The number of hydrogen-bond donors (Lipinski definition) is 0. The van der Waals surface area contributed by atoms with E-state index in [2.05, 4.69) is 51.3 Å². The summed E-state index contributed by atoms with van der Waals surface area (Å²) in [6.07, 6.45) is 4.84. The lowest BCUT2D eigenvalue weighted by Gasteiger charge is -2.33. The van der Waals surface area contributed by atoms with Crippen molar-refractivity contribution in [2.24, 2.45) is 7.05 Å². The van der Waals surface area contributed by atoms with E-state index in [0.29, 0.717) is 0 Å². The molecule has 0 unspecified atom stereocenters. The summed E-state index contributed by atoms with van der Waals surface area (Å²) in [5.74, 6) is 1.15. The predicted octanol–water partition coefficient (Wildman–Crippen LogP) is 2.07. The Kier molecular flexibility index (Phi) is 4.34. The number of halogens is 1. The summed E-state index contributed by atoms with van der Waals surface area (Å²) in [4.78, 5) is 6.68. The molecule has 1 rings (SSSR count). The molecular formula is C11H20BrN3. The van der Waals surface area contributed by atoms with Crippen LogP contribution >= 0.6 is 15.9 Å². The van der Waals surface area contributed by atoms with Gasteiger partial charge in [0.1, 0.15) is 5.82 Å². The Morgan fingerprint density at radius 3 is 2.67 bits per heavy atom. The zero-order chi connectivity index (χ0) is 11.5. The van der Waals surface area contributed by atoms with Gasteiger partial charge in [-0.1, -0.05) is 15.9 Å². The van der Waals surface area contributed by atoms with E-state index in [-0.39, 0.29) is 5.54 Å². The van der Waals surface area contributed by atoms with Crippen LogP contribution in [0.1, 0.15) is 19.7 Å². The summed E-state index contributed by atoms with van der Waals surface area (Å²) in [5, 5.41) is 0.983. The monoisotopic (exact) mass is 273 g/mol. The number of aromatic nitrogens is 2. The zero-order valence-electron chi connectivity index (χ0n) is 10.00. The standard InChI is InChI=1S/C11H20BrN3/c1-11(2,9-12)15(4)7-5-10-13-6-8-14(10)3/h6,8H,5,7,9H2,1-4H3. The van der Waals surface area contributed by atoms with Crippen molar-refractivity contribution < 1.29 is 0 Å². The van der Waals surface area contributed by atoms with E-state index in [4.69, 9.17) is 0 Å². The van der Waals surface area contributed by atoms with E-state index in [9.17, 15) is 0 Å². The molecule has 0 atom stereocenters. The van der Waals surface area contributed by atoms with Crippen molar-refractivity contribution in [3.05, 3.63) is 18.2 Å². The average Bonchev–Trinajstić information content (AvgIpc) is 2.60. The lowest BCUT2D eigenvalue weighted by Crippen LogP contribution is -2.43. The predicted molar refractivity (Wildman–Crippen MR) is 67.4 cm³/mol. The molecule has 15 heavy (non-hydrogen) atoms. The molecule has 0 radical (unpaired) electrons. The third-order valence-corrected chi connectivity index (χ3v) is 4.32. The second-order valence-corrected chi connectivity index (χ2v) is 5.13. The molecule has 1 aromatic rings. The van der Waals surface area contributed by atoms with Crippen LogP contribution in [0.25, 0.3) is 0 Å². The fourth-order valence-electron chi connectivity index (χ4n) is 1.31. The van der Waals surface area contributed by atoms with Crippen LogP contribution in [0.2, 0.25) is 0 Å². The highest BCUT2D eigenvalue weighted by molar-refractivity contribution is 9.09. The van der Waals surface area contributed by atoms with Crippen LogP contribution in [0, 0.1) is 0 Å². The molecule has 0 saturated carbocycles. The Bertz CT molecular complexity index is 307. The number of nitrogens with zero attached hydrogens (tertiary/aromatic N) is 3. The zero-order valence-corrected chi connectivity index (χ0v) is 11.6. The molecule has 1 heterocycles. The molecule has 0 saturated heterocycles. The Balaban J connectivity index is 2.48. The van der Waals surface area contributed by atoms with Gasteiger partial charge in [0.2, 0.25) is 0 Å². The van der Waals surface area contributed by atoms with Crippen LogP contribution in [-0.4, -0.2) is 38.9 Å². The highest BCUT2D eigenvalue weighted by atomic mass is 79.9. The molecule has 0 aliphatic heterocycles. The summed E-state index contributed by atoms with van der Waals surface area (Å²) in [6, 6.07) is 0. The van der Waals surface area contributed by atoms with Crippen molar-refractivity contribution in [2.45, 2.75) is 25.8 Å². The normalized spacial score (nSPS) is 12.4. The smallest absolute Gasteiger partial charge is 0.109 e. The van der Waals surface area contributed by atoms with Crippen molar-refractivity contribution >= 4 is 15.9 Å². The summed E-state index contributed by atoms with van der Waals surface area (Å²) in [5.41, 5.74) is 0.200. The highest BCUT2D eigenvalue weighted by Crippen LogP contribution is 2.15. The Morgan fingerprint density at radius 1 is 1.53 bits per heavy atom. The lowest BCUT2D eigenvalue weighted by atomic mass is 10.1. The maximum Gasteiger partial charge on any atom is 0.109 e. The minimum absolute atomic E-state index is 0.200. The van der Waals surface area contributed by atoms with Gasteiger partial charge in [-0.25, -0.2) is 4.98 Å². The van der Waals surface area contributed by atoms with Gasteiger partial charge in [0.05, 0.1) is 0 Å². The first-order chi connectivity index (χ1) is 6.97. The highest BCUT2D eigenvalue weighted by Gasteiger charge is 2.21. The molecule has 0 aromatic carbocycles. The average molecular weight is 274 g/mol. The molecule has 3 nitrogen and oxygen atoms in total. The lowest BCUT2D eigenvalue weighted by molar-refractivity contribution is 0.183. The molecule has 4 heteroatoms. The third kappa shape index (κ3) is 3.31. The fraction of sp³-hybridized carbons (Fsp3) is 0.727. The van der Waals surface area contributed by atoms with E-state index in [1.807, 2.05) is 19.4 Å². The van der Waals surface area contributed by atoms with Gasteiger partial charge >= 0.3 is 0 Å². The van der Waals surface area contributed by atoms with Crippen LogP contribution in [0.3, 0.4) is 0 Å². The van der Waals surface area contributed by atoms with E-state index in [1.165, 1.54) is 0 Å². The Morgan fingerprint density at radius 2 is 2.20 bits per heavy atom. The van der Waals surface area contributed by atoms with Gasteiger partial charge in [-0.2, -0.15) is 0 Å². The quantitative estimate of drug-likeness (QED) is 0.766. The molecule has 0 amide bonds. The molecule has 0 aliphatic rings. The molecule has 1 aromatic heterocycles. The van der Waals surface area contributed by atoms with Gasteiger partial charge in [0.15, 0.2) is 0 Å². The van der Waals surface area contributed by atoms with Crippen LogP contribution in [-0.2, 0) is 13.5 Å². The van der Waals surface area contributed by atoms with Crippen LogP contribution in [0.5, 0.6) is 0 Å². The molecule has 86 valence electrons. The number of likely N-dealkylation sites (N-methyl/N-ethyl adjacent to an activating group) is 1. The van der Waals surface area contributed by atoms with Crippen LogP contribution in [0.4, 0.5) is 0 Å². The minimum atomic E-state index is 0.200. The molecule has 0 bridgehead atoms. The van der Waals surface area contributed by atoms with Gasteiger partial charge in [-0.3, -0.25) is 4.90 Å². The van der Waals surface area contributed by atoms with E-state index < -0.39 is 0 Å². The first-order valence-corrected chi connectivity index (χ1v) is 6.33. The van der Waals surface area contributed by atoms with Gasteiger partial charge in [0.25, 0.3) is 0 Å². The van der Waals surface area contributed by atoms with E-state index >= 15 is 0 Å². The second-order valence-electron chi connectivity index (χ2n) is 4.57. The maximum absolute atomic E-state index is 4.32. The van der Waals surface area contributed by atoms with Crippen molar-refractivity contribution in [3.63, 3.8) is 0 Å². The molecule has 0 aliphatic carbocycles. The van der Waals surface area contributed by atoms with Crippen molar-refractivity contribution in [2.75, 3.05) is 18.9 Å². The molecule has 0 N–H and O–H groups in total. The van der Waals surface area contributed by atoms with Gasteiger partial charge < -0.3 is 4.57 Å². The molecule has 0 spiro atoms. The van der Waals surface area contributed by atoms with Gasteiger partial charge in [-0.15, -0.1) is 0 Å². The van der Waals surface area contributed by atoms with E-state index in [1.54, 1.807) is 0 Å². The summed E-state index contributed by atoms with van der Waals surface area (Å²) in [7, 11) is 4.20. The van der Waals surface area contributed by atoms with Crippen LogP contribution in [0.15, 0.2) is 12.4 Å². The largest absolute Gasteiger partial charge is 0.338 e. The Labute approximate surface area is 101 Å². The van der Waals surface area contributed by atoms with Crippen molar-refractivity contribution in [3.8, 4) is 0 Å². The number of aryl methyl sites for hydroxylation is 1. The first-order valence-electron chi connectivity index (χ1n) is 5.21. The third-order valence-electron chi connectivity index (χ3n) is 2.95. The number of imidazole rings is 1. The fourth-order valence-corrected chi connectivity index (χ4v) is 1.74.